The van der Waals surface area contributed by atoms with E-state index < -0.39 is 10.0 Å². The van der Waals surface area contributed by atoms with Gasteiger partial charge in [-0.05, 0) is 49.4 Å². The van der Waals surface area contributed by atoms with E-state index in [1.165, 1.54) is 30.6 Å². The number of sulfonamides is 1. The van der Waals surface area contributed by atoms with Crippen molar-refractivity contribution >= 4 is 21.6 Å². The van der Waals surface area contributed by atoms with Crippen molar-refractivity contribution in [2.24, 2.45) is 0 Å². The Hall–Kier alpha value is -2.35. The molecule has 142 valence electrons. The lowest BCUT2D eigenvalue weighted by atomic mass is 10.2. The highest BCUT2D eigenvalue weighted by Gasteiger charge is 2.23. The summed E-state index contributed by atoms with van der Waals surface area (Å²) >= 11 is 6.01. The maximum atomic E-state index is 12.8. The van der Waals surface area contributed by atoms with Crippen molar-refractivity contribution in [1.82, 2.24) is 9.29 Å². The van der Waals surface area contributed by atoms with E-state index in [0.717, 1.165) is 5.56 Å². The highest BCUT2D eigenvalue weighted by Crippen LogP contribution is 2.26. The summed E-state index contributed by atoms with van der Waals surface area (Å²) in [5.74, 6) is 1.55. The first-order valence-corrected chi connectivity index (χ1v) is 9.95. The van der Waals surface area contributed by atoms with Crippen LogP contribution in [0.1, 0.15) is 11.5 Å². The second kappa shape index (κ2) is 7.72. The van der Waals surface area contributed by atoms with Crippen LogP contribution in [0.15, 0.2) is 57.8 Å². The number of ether oxygens (including phenoxy) is 1. The molecule has 1 heterocycles. The number of hydrogen-bond donors (Lipinski definition) is 0. The minimum Gasteiger partial charge on any atom is -0.497 e. The van der Waals surface area contributed by atoms with Gasteiger partial charge in [0, 0.05) is 17.6 Å². The number of nitrogens with zero attached hydrogens (tertiary/aromatic N) is 2. The summed E-state index contributed by atoms with van der Waals surface area (Å²) in [5, 5.41) is 0.573. The van der Waals surface area contributed by atoms with Crippen LogP contribution in [0.3, 0.4) is 0 Å². The van der Waals surface area contributed by atoms with Crippen LogP contribution < -0.4 is 4.74 Å². The van der Waals surface area contributed by atoms with Crippen LogP contribution >= 0.6 is 11.6 Å². The second-order valence-corrected chi connectivity index (χ2v) is 8.45. The minimum atomic E-state index is -3.67. The SMILES string of the molecule is COc1ccc(S(=O)(=O)N(C)Cc2nc(-c3cccc(Cl)c3)oc2C)cc1. The van der Waals surface area contributed by atoms with Crippen molar-refractivity contribution < 1.29 is 17.6 Å². The molecular formula is C19H19ClN2O4S. The van der Waals surface area contributed by atoms with E-state index in [0.29, 0.717) is 28.1 Å². The van der Waals surface area contributed by atoms with Gasteiger partial charge < -0.3 is 9.15 Å². The van der Waals surface area contributed by atoms with Crippen LogP contribution in [-0.2, 0) is 16.6 Å². The number of rotatable bonds is 6. The average Bonchev–Trinajstić information content (AvgIpc) is 3.02. The molecule has 1 aromatic heterocycles. The van der Waals surface area contributed by atoms with Crippen LogP contribution in [0.2, 0.25) is 5.02 Å². The van der Waals surface area contributed by atoms with Gasteiger partial charge in [-0.3, -0.25) is 0 Å². The zero-order valence-electron chi connectivity index (χ0n) is 15.1. The molecule has 6 nitrogen and oxygen atoms in total. The van der Waals surface area contributed by atoms with Crippen molar-refractivity contribution in [2.75, 3.05) is 14.2 Å². The van der Waals surface area contributed by atoms with Gasteiger partial charge in [0.15, 0.2) is 0 Å². The molecule has 2 aromatic carbocycles. The average molecular weight is 407 g/mol. The van der Waals surface area contributed by atoms with E-state index in [2.05, 4.69) is 4.98 Å². The van der Waals surface area contributed by atoms with E-state index >= 15 is 0 Å². The smallest absolute Gasteiger partial charge is 0.243 e. The monoisotopic (exact) mass is 406 g/mol. The van der Waals surface area contributed by atoms with Crippen LogP contribution in [0, 0.1) is 6.92 Å². The van der Waals surface area contributed by atoms with Gasteiger partial charge in [0.1, 0.15) is 11.5 Å². The molecule has 0 radical (unpaired) electrons. The summed E-state index contributed by atoms with van der Waals surface area (Å²) in [4.78, 5) is 4.63. The molecule has 0 saturated carbocycles. The van der Waals surface area contributed by atoms with E-state index in [-0.39, 0.29) is 11.4 Å². The van der Waals surface area contributed by atoms with Crippen LogP contribution in [0.4, 0.5) is 0 Å². The Morgan fingerprint density at radius 2 is 1.89 bits per heavy atom. The first-order chi connectivity index (χ1) is 12.8. The van der Waals surface area contributed by atoms with Gasteiger partial charge >= 0.3 is 0 Å². The van der Waals surface area contributed by atoms with Crippen molar-refractivity contribution in [1.29, 1.82) is 0 Å². The van der Waals surface area contributed by atoms with Crippen molar-refractivity contribution in [2.45, 2.75) is 18.4 Å². The summed E-state index contributed by atoms with van der Waals surface area (Å²) in [6.07, 6.45) is 0. The van der Waals surface area contributed by atoms with Gasteiger partial charge in [0.2, 0.25) is 15.9 Å². The fourth-order valence-electron chi connectivity index (χ4n) is 2.54. The molecule has 8 heteroatoms. The highest BCUT2D eigenvalue weighted by molar-refractivity contribution is 7.89. The second-order valence-electron chi connectivity index (χ2n) is 5.97. The molecule has 0 spiro atoms. The summed E-state index contributed by atoms with van der Waals surface area (Å²) in [6.45, 7) is 1.84. The molecule has 0 saturated heterocycles. The quantitative estimate of drug-likeness (QED) is 0.615. The number of oxazole rings is 1. The molecule has 3 rings (SSSR count). The molecule has 0 fully saturated rings. The Morgan fingerprint density at radius 3 is 2.52 bits per heavy atom. The number of aryl methyl sites for hydroxylation is 1. The number of methoxy groups -OCH3 is 1. The molecule has 3 aromatic rings. The van der Waals surface area contributed by atoms with E-state index in [9.17, 15) is 8.42 Å². The highest BCUT2D eigenvalue weighted by atomic mass is 35.5. The van der Waals surface area contributed by atoms with Crippen LogP contribution in [0.5, 0.6) is 5.75 Å². The van der Waals surface area contributed by atoms with Crippen molar-refractivity contribution in [3.63, 3.8) is 0 Å². The third-order valence-electron chi connectivity index (χ3n) is 4.10. The Labute approximate surface area is 163 Å². The third-order valence-corrected chi connectivity index (χ3v) is 6.16. The molecule has 0 N–H and O–H groups in total. The lowest BCUT2D eigenvalue weighted by molar-refractivity contribution is 0.414. The largest absolute Gasteiger partial charge is 0.497 e. The maximum absolute atomic E-state index is 12.8. The molecule has 0 aliphatic heterocycles. The molecule has 0 bridgehead atoms. The van der Waals surface area contributed by atoms with Gasteiger partial charge in [-0.1, -0.05) is 17.7 Å². The Bertz CT molecular complexity index is 1050. The summed E-state index contributed by atoms with van der Waals surface area (Å²) in [7, 11) is -0.631. The molecule has 0 aliphatic rings. The molecule has 0 atom stereocenters. The first-order valence-electron chi connectivity index (χ1n) is 8.14. The van der Waals surface area contributed by atoms with Crippen molar-refractivity contribution in [3.8, 4) is 17.2 Å². The van der Waals surface area contributed by atoms with Crippen LogP contribution in [-0.4, -0.2) is 31.9 Å². The Balaban J connectivity index is 1.84. The summed E-state index contributed by atoms with van der Waals surface area (Å²) < 4.78 is 37.6. The Morgan fingerprint density at radius 1 is 1.19 bits per heavy atom. The number of benzene rings is 2. The zero-order valence-corrected chi connectivity index (χ0v) is 16.7. The molecule has 0 amide bonds. The van der Waals surface area contributed by atoms with Gasteiger partial charge in [-0.25, -0.2) is 13.4 Å². The normalized spacial score (nSPS) is 11.7. The third kappa shape index (κ3) is 4.16. The lowest BCUT2D eigenvalue weighted by Crippen LogP contribution is -2.26. The molecular weight excluding hydrogens is 388 g/mol. The Kier molecular flexibility index (Phi) is 5.55. The van der Waals surface area contributed by atoms with Gasteiger partial charge in [-0.15, -0.1) is 0 Å². The molecule has 27 heavy (non-hydrogen) atoms. The predicted octanol–water partition coefficient (Wildman–Crippen LogP) is 4.13. The summed E-state index contributed by atoms with van der Waals surface area (Å²) in [6, 6.07) is 13.4. The number of hydrogen-bond acceptors (Lipinski definition) is 5. The van der Waals surface area contributed by atoms with Gasteiger partial charge in [-0.2, -0.15) is 4.31 Å². The maximum Gasteiger partial charge on any atom is 0.243 e. The van der Waals surface area contributed by atoms with Gasteiger partial charge in [0.25, 0.3) is 0 Å². The molecule has 0 aliphatic carbocycles. The fraction of sp³-hybridized carbons (Fsp3) is 0.211. The first kappa shape index (κ1) is 19.4. The van der Waals surface area contributed by atoms with Crippen LogP contribution in [0.25, 0.3) is 11.5 Å². The fourth-order valence-corrected chi connectivity index (χ4v) is 3.87. The lowest BCUT2D eigenvalue weighted by Gasteiger charge is -2.16. The number of halogens is 1. The number of aromatic nitrogens is 1. The van der Waals surface area contributed by atoms with E-state index in [1.807, 2.05) is 6.07 Å². The van der Waals surface area contributed by atoms with E-state index in [4.69, 9.17) is 20.8 Å². The topological polar surface area (TPSA) is 72.6 Å². The molecule has 0 unspecified atom stereocenters. The zero-order chi connectivity index (χ0) is 19.6. The van der Waals surface area contributed by atoms with Crippen molar-refractivity contribution in [3.05, 3.63) is 65.0 Å². The minimum absolute atomic E-state index is 0.0876. The van der Waals surface area contributed by atoms with E-state index in [1.54, 1.807) is 37.3 Å². The summed E-state index contributed by atoms with van der Waals surface area (Å²) in [5.41, 5.74) is 1.28. The predicted molar refractivity (Wildman–Crippen MR) is 103 cm³/mol. The van der Waals surface area contributed by atoms with Gasteiger partial charge in [0.05, 0.1) is 24.2 Å². The standard InChI is InChI=1S/C19H19ClN2O4S/c1-13-18(21-19(26-13)14-5-4-6-15(20)11-14)12-22(2)27(23,24)17-9-7-16(25-3)8-10-17/h4-11H,12H2,1-3H3.